The van der Waals surface area contributed by atoms with Gasteiger partial charge in [0.1, 0.15) is 5.75 Å². The largest absolute Gasteiger partial charge is 0.508 e. The van der Waals surface area contributed by atoms with Gasteiger partial charge in [-0.25, -0.2) is 0 Å². The minimum Gasteiger partial charge on any atom is -0.508 e. The lowest BCUT2D eigenvalue weighted by Gasteiger charge is -2.03. The second-order valence-corrected chi connectivity index (χ2v) is 3.03. The van der Waals surface area contributed by atoms with Crippen molar-refractivity contribution in [2.24, 2.45) is 5.73 Å². The zero-order valence-corrected chi connectivity index (χ0v) is 6.25. The molecule has 3 N–H and O–H groups in total. The topological polar surface area (TPSA) is 46.2 Å². The fraction of sp³-hybridized carbons (Fsp3) is 0.333. The molecule has 0 bridgehead atoms. The van der Waals surface area contributed by atoms with Crippen LogP contribution in [0.15, 0.2) is 18.2 Å². The lowest BCUT2D eigenvalue weighted by molar-refractivity contribution is 0.474. The van der Waals surface area contributed by atoms with E-state index < -0.39 is 0 Å². The molecule has 0 aliphatic heterocycles. The molecule has 0 heterocycles. The molecule has 58 valence electrons. The maximum atomic E-state index is 9.14. The summed E-state index contributed by atoms with van der Waals surface area (Å²) in [5.41, 5.74) is 8.22. The Labute approximate surface area is 65.7 Å². The van der Waals surface area contributed by atoms with E-state index in [4.69, 9.17) is 10.8 Å². The number of phenolic OH excluding ortho intramolecular Hbond substituents is 1. The molecule has 0 amide bonds. The molecular weight excluding hydrogens is 138 g/mol. The van der Waals surface area contributed by atoms with Crippen LogP contribution in [-0.4, -0.2) is 5.11 Å². The first kappa shape index (κ1) is 6.68. The van der Waals surface area contributed by atoms with Crippen LogP contribution in [0.4, 0.5) is 0 Å². The van der Waals surface area contributed by atoms with Gasteiger partial charge in [-0.15, -0.1) is 0 Å². The van der Waals surface area contributed by atoms with Crippen molar-refractivity contribution in [2.45, 2.75) is 18.9 Å². The summed E-state index contributed by atoms with van der Waals surface area (Å²) in [7, 11) is 0. The molecule has 0 fully saturated rings. The fourth-order valence-corrected chi connectivity index (χ4v) is 1.64. The standard InChI is InChI=1S/C9H11NO/c10-9-4-1-6-5-7(11)2-3-8(6)9/h2-3,5,9,11H,1,4,10H2/t9-/m0/s1. The van der Waals surface area contributed by atoms with Crippen LogP contribution in [0.2, 0.25) is 0 Å². The van der Waals surface area contributed by atoms with Gasteiger partial charge in [0, 0.05) is 6.04 Å². The number of aromatic hydroxyl groups is 1. The third kappa shape index (κ3) is 0.994. The van der Waals surface area contributed by atoms with Gasteiger partial charge in [0.2, 0.25) is 0 Å². The minimum atomic E-state index is 0.186. The van der Waals surface area contributed by atoms with Crippen LogP contribution in [0, 0.1) is 0 Å². The molecule has 0 saturated heterocycles. The molecule has 0 spiro atoms. The molecule has 0 unspecified atom stereocenters. The second kappa shape index (κ2) is 2.24. The van der Waals surface area contributed by atoms with E-state index in [1.54, 1.807) is 6.07 Å². The zero-order chi connectivity index (χ0) is 7.84. The first-order chi connectivity index (χ1) is 5.27. The minimum absolute atomic E-state index is 0.186. The van der Waals surface area contributed by atoms with Crippen molar-refractivity contribution in [3.8, 4) is 5.75 Å². The Morgan fingerprint density at radius 2 is 2.27 bits per heavy atom. The Morgan fingerprint density at radius 3 is 3.09 bits per heavy atom. The summed E-state index contributed by atoms with van der Waals surface area (Å²) in [6.07, 6.45) is 2.02. The summed E-state index contributed by atoms with van der Waals surface area (Å²) in [6.45, 7) is 0. The number of aryl methyl sites for hydroxylation is 1. The molecular formula is C9H11NO. The van der Waals surface area contributed by atoms with Gasteiger partial charge in [-0.1, -0.05) is 6.07 Å². The number of phenols is 1. The smallest absolute Gasteiger partial charge is 0.115 e. The molecule has 2 heteroatoms. The zero-order valence-electron chi connectivity index (χ0n) is 6.25. The Bertz CT molecular complexity index is 283. The van der Waals surface area contributed by atoms with E-state index >= 15 is 0 Å². The molecule has 1 aromatic carbocycles. The summed E-state index contributed by atoms with van der Waals surface area (Å²) in [5, 5.41) is 9.14. The molecule has 0 radical (unpaired) electrons. The van der Waals surface area contributed by atoms with Crippen molar-refractivity contribution in [3.05, 3.63) is 29.3 Å². The summed E-state index contributed by atoms with van der Waals surface area (Å²) in [4.78, 5) is 0. The van der Waals surface area contributed by atoms with Crippen LogP contribution in [0.3, 0.4) is 0 Å². The van der Waals surface area contributed by atoms with E-state index in [0.717, 1.165) is 12.8 Å². The SMILES string of the molecule is N[C@H]1CCc2cc(O)ccc21. The van der Waals surface area contributed by atoms with Crippen molar-refractivity contribution in [2.75, 3.05) is 0 Å². The Kier molecular flexibility index (Phi) is 1.36. The quantitative estimate of drug-likeness (QED) is 0.584. The van der Waals surface area contributed by atoms with Crippen LogP contribution in [-0.2, 0) is 6.42 Å². The highest BCUT2D eigenvalue weighted by Crippen LogP contribution is 2.31. The number of hydrogen-bond donors (Lipinski definition) is 2. The van der Waals surface area contributed by atoms with E-state index in [0.29, 0.717) is 5.75 Å². The summed E-state index contributed by atoms with van der Waals surface area (Å²) >= 11 is 0. The van der Waals surface area contributed by atoms with Crippen LogP contribution >= 0.6 is 0 Å². The third-order valence-electron chi connectivity index (χ3n) is 2.25. The summed E-state index contributed by atoms with van der Waals surface area (Å²) < 4.78 is 0. The van der Waals surface area contributed by atoms with E-state index in [1.807, 2.05) is 12.1 Å². The first-order valence-electron chi connectivity index (χ1n) is 3.85. The predicted molar refractivity (Wildman–Crippen MR) is 43.4 cm³/mol. The number of nitrogens with two attached hydrogens (primary N) is 1. The third-order valence-corrected chi connectivity index (χ3v) is 2.25. The second-order valence-electron chi connectivity index (χ2n) is 3.03. The van der Waals surface area contributed by atoms with Gasteiger partial charge in [0.25, 0.3) is 0 Å². The van der Waals surface area contributed by atoms with E-state index in [9.17, 15) is 0 Å². The van der Waals surface area contributed by atoms with E-state index in [-0.39, 0.29) is 6.04 Å². The van der Waals surface area contributed by atoms with E-state index in [2.05, 4.69) is 0 Å². The van der Waals surface area contributed by atoms with Crippen LogP contribution < -0.4 is 5.73 Å². The molecule has 0 aromatic heterocycles. The monoisotopic (exact) mass is 149 g/mol. The number of fused-ring (bicyclic) bond motifs is 1. The maximum absolute atomic E-state index is 9.14. The van der Waals surface area contributed by atoms with Gasteiger partial charge in [-0.2, -0.15) is 0 Å². The van der Waals surface area contributed by atoms with Crippen LogP contribution in [0.1, 0.15) is 23.6 Å². The van der Waals surface area contributed by atoms with E-state index in [1.165, 1.54) is 11.1 Å². The molecule has 2 nitrogen and oxygen atoms in total. The summed E-state index contributed by atoms with van der Waals surface area (Å²) in [5.74, 6) is 0.345. The van der Waals surface area contributed by atoms with Crippen LogP contribution in [0.5, 0.6) is 5.75 Å². The highest BCUT2D eigenvalue weighted by Gasteiger charge is 2.18. The van der Waals surface area contributed by atoms with Gasteiger partial charge < -0.3 is 10.8 Å². The van der Waals surface area contributed by atoms with Gasteiger partial charge in [-0.3, -0.25) is 0 Å². The Morgan fingerprint density at radius 1 is 1.45 bits per heavy atom. The van der Waals surface area contributed by atoms with Crippen molar-refractivity contribution in [1.82, 2.24) is 0 Å². The number of hydrogen-bond acceptors (Lipinski definition) is 2. The predicted octanol–water partition coefficient (Wildman–Crippen LogP) is 1.34. The van der Waals surface area contributed by atoms with Crippen molar-refractivity contribution in [1.29, 1.82) is 0 Å². The summed E-state index contributed by atoms with van der Waals surface area (Å²) in [6, 6.07) is 5.61. The van der Waals surface area contributed by atoms with Crippen molar-refractivity contribution in [3.63, 3.8) is 0 Å². The highest BCUT2D eigenvalue weighted by atomic mass is 16.3. The molecule has 1 atom stereocenters. The lowest BCUT2D eigenvalue weighted by atomic mass is 10.1. The number of benzene rings is 1. The molecule has 1 aliphatic carbocycles. The first-order valence-corrected chi connectivity index (χ1v) is 3.85. The fourth-order valence-electron chi connectivity index (χ4n) is 1.64. The van der Waals surface area contributed by atoms with Gasteiger partial charge >= 0.3 is 0 Å². The Balaban J connectivity index is 2.50. The average Bonchev–Trinajstić information content (AvgIpc) is 2.32. The van der Waals surface area contributed by atoms with Crippen molar-refractivity contribution >= 4 is 0 Å². The highest BCUT2D eigenvalue weighted by molar-refractivity contribution is 5.39. The maximum Gasteiger partial charge on any atom is 0.115 e. The lowest BCUT2D eigenvalue weighted by Crippen LogP contribution is -2.04. The molecule has 2 rings (SSSR count). The molecule has 0 saturated carbocycles. The molecule has 11 heavy (non-hydrogen) atoms. The molecule has 1 aliphatic rings. The van der Waals surface area contributed by atoms with Gasteiger partial charge in [0.05, 0.1) is 0 Å². The van der Waals surface area contributed by atoms with Crippen LogP contribution in [0.25, 0.3) is 0 Å². The number of rotatable bonds is 0. The van der Waals surface area contributed by atoms with Gasteiger partial charge in [0.15, 0.2) is 0 Å². The average molecular weight is 149 g/mol. The molecule has 1 aromatic rings. The van der Waals surface area contributed by atoms with Gasteiger partial charge in [-0.05, 0) is 36.1 Å². The normalized spacial score (nSPS) is 21.7. The Hall–Kier alpha value is -1.02. The van der Waals surface area contributed by atoms with Crippen molar-refractivity contribution < 1.29 is 5.11 Å².